The monoisotopic (exact) mass is 309 g/mol. The average Bonchev–Trinajstić information content (AvgIpc) is 2.67. The molecule has 2 unspecified atom stereocenters. The highest BCUT2D eigenvalue weighted by atomic mass is 16.5. The van der Waals surface area contributed by atoms with Gasteiger partial charge in [0.25, 0.3) is 5.91 Å². The first kappa shape index (κ1) is 16.8. The summed E-state index contributed by atoms with van der Waals surface area (Å²) in [5.74, 6) is 0.707. The van der Waals surface area contributed by atoms with Crippen LogP contribution < -0.4 is 10.1 Å². The Balaban J connectivity index is 1.89. The van der Waals surface area contributed by atoms with Crippen LogP contribution in [0, 0.1) is 19.8 Å². The van der Waals surface area contributed by atoms with Gasteiger partial charge in [-0.2, -0.15) is 5.10 Å². The van der Waals surface area contributed by atoms with Crippen molar-refractivity contribution in [2.24, 2.45) is 13.0 Å². The topological polar surface area (TPSA) is 76.4 Å². The van der Waals surface area contributed by atoms with Crippen LogP contribution in [-0.2, 0) is 11.8 Å². The Morgan fingerprint density at radius 1 is 1.36 bits per heavy atom. The average molecular weight is 309 g/mol. The molecular weight excluding hydrogens is 282 g/mol. The quantitative estimate of drug-likeness (QED) is 0.808. The molecule has 2 N–H and O–H groups in total. The van der Waals surface area contributed by atoms with Crippen LogP contribution >= 0.6 is 0 Å². The van der Waals surface area contributed by atoms with Crippen molar-refractivity contribution in [3.05, 3.63) is 11.4 Å². The highest BCUT2D eigenvalue weighted by Crippen LogP contribution is 2.24. The number of aliphatic hydroxyl groups is 1. The zero-order valence-electron chi connectivity index (χ0n) is 13.8. The number of hydrogen-bond acceptors (Lipinski definition) is 4. The molecular formula is C16H27N3O3. The minimum atomic E-state index is -0.131. The summed E-state index contributed by atoms with van der Waals surface area (Å²) < 4.78 is 7.38. The van der Waals surface area contributed by atoms with Crippen molar-refractivity contribution in [3.63, 3.8) is 0 Å². The van der Waals surface area contributed by atoms with E-state index in [4.69, 9.17) is 4.74 Å². The first-order valence-electron chi connectivity index (χ1n) is 8.06. The minimum absolute atomic E-state index is 0.0119. The van der Waals surface area contributed by atoms with E-state index < -0.39 is 0 Å². The first-order valence-corrected chi connectivity index (χ1v) is 8.06. The van der Waals surface area contributed by atoms with E-state index >= 15 is 0 Å². The maximum Gasteiger partial charge on any atom is 0.258 e. The highest BCUT2D eigenvalue weighted by molar-refractivity contribution is 5.78. The van der Waals surface area contributed by atoms with E-state index in [1.165, 1.54) is 6.42 Å². The number of rotatable bonds is 5. The van der Waals surface area contributed by atoms with E-state index in [9.17, 15) is 9.90 Å². The van der Waals surface area contributed by atoms with Crippen LogP contribution in [0.5, 0.6) is 5.75 Å². The molecule has 22 heavy (non-hydrogen) atoms. The number of carbonyl (C=O) groups is 1. The third kappa shape index (κ3) is 4.00. The van der Waals surface area contributed by atoms with Gasteiger partial charge in [-0.1, -0.05) is 19.3 Å². The van der Waals surface area contributed by atoms with Gasteiger partial charge in [0.2, 0.25) is 0 Å². The maximum absolute atomic E-state index is 12.1. The van der Waals surface area contributed by atoms with Gasteiger partial charge in [-0.25, -0.2) is 0 Å². The summed E-state index contributed by atoms with van der Waals surface area (Å²) in [6.45, 7) is 3.91. The lowest BCUT2D eigenvalue weighted by molar-refractivity contribution is -0.124. The largest absolute Gasteiger partial charge is 0.480 e. The Morgan fingerprint density at radius 2 is 2.09 bits per heavy atom. The predicted molar refractivity (Wildman–Crippen MR) is 83.8 cm³/mol. The smallest absolute Gasteiger partial charge is 0.258 e. The van der Waals surface area contributed by atoms with Crippen molar-refractivity contribution in [1.29, 1.82) is 0 Å². The standard InChI is InChI=1S/C16H27N3O3/c1-11-16(12(2)19(3)18-11)22-10-15(21)17-14-8-6-4-5-7-13(14)9-20/h13-14,20H,4-10H2,1-3H3,(H,17,21). The van der Waals surface area contributed by atoms with Crippen LogP contribution in [0.25, 0.3) is 0 Å². The number of nitrogens with zero attached hydrogens (tertiary/aromatic N) is 2. The van der Waals surface area contributed by atoms with Crippen LogP contribution in [0.1, 0.15) is 43.5 Å². The SMILES string of the molecule is Cc1nn(C)c(C)c1OCC(=O)NC1CCCCCC1CO. The zero-order valence-corrected chi connectivity index (χ0v) is 13.8. The minimum Gasteiger partial charge on any atom is -0.480 e. The van der Waals surface area contributed by atoms with Gasteiger partial charge in [0.05, 0.1) is 5.69 Å². The Kier molecular flexibility index (Phi) is 5.83. The van der Waals surface area contributed by atoms with Gasteiger partial charge in [-0.3, -0.25) is 9.48 Å². The number of nitrogens with one attached hydrogen (secondary N) is 1. The molecule has 1 amide bonds. The summed E-state index contributed by atoms with van der Waals surface area (Å²) in [7, 11) is 1.85. The van der Waals surface area contributed by atoms with Crippen molar-refractivity contribution in [2.75, 3.05) is 13.2 Å². The highest BCUT2D eigenvalue weighted by Gasteiger charge is 2.24. The molecule has 1 aromatic heterocycles. The Bertz CT molecular complexity index is 513. The first-order chi connectivity index (χ1) is 10.5. The van der Waals surface area contributed by atoms with E-state index in [0.29, 0.717) is 5.75 Å². The van der Waals surface area contributed by atoms with Gasteiger partial charge in [-0.15, -0.1) is 0 Å². The second-order valence-electron chi connectivity index (χ2n) is 6.17. The fraction of sp³-hybridized carbons (Fsp3) is 0.750. The van der Waals surface area contributed by atoms with Crippen molar-refractivity contribution >= 4 is 5.91 Å². The van der Waals surface area contributed by atoms with E-state index in [1.807, 2.05) is 20.9 Å². The molecule has 1 fully saturated rings. The lowest BCUT2D eigenvalue weighted by atomic mass is 9.95. The van der Waals surface area contributed by atoms with Crippen molar-refractivity contribution in [2.45, 2.75) is 52.0 Å². The number of carbonyl (C=O) groups excluding carboxylic acids is 1. The molecule has 0 saturated heterocycles. The van der Waals surface area contributed by atoms with Crippen LogP contribution in [0.15, 0.2) is 0 Å². The van der Waals surface area contributed by atoms with Crippen LogP contribution in [-0.4, -0.2) is 40.0 Å². The van der Waals surface area contributed by atoms with E-state index in [0.717, 1.165) is 37.1 Å². The third-order valence-corrected chi connectivity index (χ3v) is 4.53. The fourth-order valence-electron chi connectivity index (χ4n) is 3.14. The number of ether oxygens (including phenoxy) is 1. The molecule has 0 radical (unpaired) electrons. The number of aliphatic hydroxyl groups excluding tert-OH is 1. The van der Waals surface area contributed by atoms with Crippen LogP contribution in [0.2, 0.25) is 0 Å². The lowest BCUT2D eigenvalue weighted by Crippen LogP contribution is -2.43. The molecule has 0 aromatic carbocycles. The van der Waals surface area contributed by atoms with E-state index in [1.54, 1.807) is 4.68 Å². The molecule has 6 nitrogen and oxygen atoms in total. The molecule has 2 atom stereocenters. The molecule has 0 aliphatic heterocycles. The van der Waals surface area contributed by atoms with Crippen LogP contribution in [0.3, 0.4) is 0 Å². The zero-order chi connectivity index (χ0) is 16.1. The third-order valence-electron chi connectivity index (χ3n) is 4.53. The summed E-state index contributed by atoms with van der Waals surface area (Å²) >= 11 is 0. The normalized spacial score (nSPS) is 22.2. The summed E-state index contributed by atoms with van der Waals surface area (Å²) in [6.07, 6.45) is 5.31. The molecule has 1 heterocycles. The number of aromatic nitrogens is 2. The number of hydrogen-bond donors (Lipinski definition) is 2. The van der Waals surface area contributed by atoms with Gasteiger partial charge < -0.3 is 15.2 Å². The summed E-state index contributed by atoms with van der Waals surface area (Å²) in [5, 5.41) is 16.8. The summed E-state index contributed by atoms with van der Waals surface area (Å²) in [5.41, 5.74) is 1.70. The fourth-order valence-corrected chi connectivity index (χ4v) is 3.14. The number of aryl methyl sites for hydroxylation is 2. The van der Waals surface area contributed by atoms with E-state index in [-0.39, 0.29) is 31.1 Å². The van der Waals surface area contributed by atoms with Gasteiger partial charge in [0.1, 0.15) is 5.69 Å². The van der Waals surface area contributed by atoms with Gasteiger partial charge in [-0.05, 0) is 26.7 Å². The molecule has 0 bridgehead atoms. The Hall–Kier alpha value is -1.56. The summed E-state index contributed by atoms with van der Waals surface area (Å²) in [6, 6.07) is 0.0553. The molecule has 1 aliphatic rings. The lowest BCUT2D eigenvalue weighted by Gasteiger charge is -2.24. The van der Waals surface area contributed by atoms with Crippen LogP contribution in [0.4, 0.5) is 0 Å². The van der Waals surface area contributed by atoms with Crippen molar-refractivity contribution in [1.82, 2.24) is 15.1 Å². The van der Waals surface area contributed by atoms with Gasteiger partial charge >= 0.3 is 0 Å². The second kappa shape index (κ2) is 7.63. The van der Waals surface area contributed by atoms with Gasteiger partial charge in [0, 0.05) is 25.6 Å². The van der Waals surface area contributed by atoms with E-state index in [2.05, 4.69) is 10.4 Å². The molecule has 1 aliphatic carbocycles. The van der Waals surface area contributed by atoms with Crippen molar-refractivity contribution in [3.8, 4) is 5.75 Å². The molecule has 1 saturated carbocycles. The molecule has 1 aromatic rings. The molecule has 6 heteroatoms. The van der Waals surface area contributed by atoms with Gasteiger partial charge in [0.15, 0.2) is 12.4 Å². The predicted octanol–water partition coefficient (Wildman–Crippen LogP) is 1.47. The Morgan fingerprint density at radius 3 is 2.73 bits per heavy atom. The second-order valence-corrected chi connectivity index (χ2v) is 6.17. The maximum atomic E-state index is 12.1. The van der Waals surface area contributed by atoms with Crippen molar-refractivity contribution < 1.29 is 14.6 Å². The molecule has 2 rings (SSSR count). The number of amides is 1. The summed E-state index contributed by atoms with van der Waals surface area (Å²) in [4.78, 5) is 12.1. The molecule has 124 valence electrons. The Labute approximate surface area is 131 Å². The molecule has 0 spiro atoms.